The summed E-state index contributed by atoms with van der Waals surface area (Å²) >= 11 is 0. The van der Waals surface area contributed by atoms with Crippen LogP contribution in [0.1, 0.15) is 11.1 Å². The average Bonchev–Trinajstić information content (AvgIpc) is 2.81. The zero-order valence-corrected chi connectivity index (χ0v) is 9.68. The molecule has 0 radical (unpaired) electrons. The molecule has 0 bridgehead atoms. The minimum absolute atomic E-state index is 0.655. The maximum atomic E-state index is 9.00. The Morgan fingerprint density at radius 2 is 2.00 bits per heavy atom. The second kappa shape index (κ2) is 3.93. The molecule has 0 spiro atoms. The Balaban J connectivity index is 2.28. The van der Waals surface area contributed by atoms with Gasteiger partial charge in [0.1, 0.15) is 12.0 Å². The standard InChI is InChI=1S/C13H9N5/c1-8-2-11-12(3-9(8)4-14)17-18-13(11)10-5-15-7-16-6-10/h2-3,5-7H,1H3,(H,17,18). The van der Waals surface area contributed by atoms with Crippen molar-refractivity contribution in [1.29, 1.82) is 5.26 Å². The van der Waals surface area contributed by atoms with Gasteiger partial charge in [0.2, 0.25) is 0 Å². The quantitative estimate of drug-likeness (QED) is 0.701. The molecule has 3 aromatic rings. The number of aromatic amines is 1. The molecule has 0 fully saturated rings. The number of H-pyrrole nitrogens is 1. The Hall–Kier alpha value is -2.74. The minimum Gasteiger partial charge on any atom is -0.277 e. The molecule has 1 aromatic carbocycles. The number of nitrogens with one attached hydrogen (secondary N) is 1. The van der Waals surface area contributed by atoms with Crippen LogP contribution in [0.3, 0.4) is 0 Å². The molecule has 0 saturated heterocycles. The molecule has 3 rings (SSSR count). The number of nitrogens with zero attached hydrogens (tertiary/aromatic N) is 4. The van der Waals surface area contributed by atoms with Crippen LogP contribution in [0, 0.1) is 18.3 Å². The molecular weight excluding hydrogens is 226 g/mol. The van der Waals surface area contributed by atoms with E-state index in [-0.39, 0.29) is 0 Å². The van der Waals surface area contributed by atoms with Crippen LogP contribution >= 0.6 is 0 Å². The second-order valence-electron chi connectivity index (χ2n) is 4.02. The van der Waals surface area contributed by atoms with Crippen LogP contribution in [-0.4, -0.2) is 20.2 Å². The van der Waals surface area contributed by atoms with E-state index in [9.17, 15) is 0 Å². The number of aromatic nitrogens is 4. The topological polar surface area (TPSA) is 78.2 Å². The van der Waals surface area contributed by atoms with Crippen molar-refractivity contribution in [3.63, 3.8) is 0 Å². The van der Waals surface area contributed by atoms with E-state index in [1.807, 2.05) is 19.1 Å². The highest BCUT2D eigenvalue weighted by Crippen LogP contribution is 2.27. The van der Waals surface area contributed by atoms with Crippen LogP contribution in [0.4, 0.5) is 0 Å². The van der Waals surface area contributed by atoms with E-state index in [4.69, 9.17) is 5.26 Å². The molecule has 0 aliphatic heterocycles. The third-order valence-electron chi connectivity index (χ3n) is 2.86. The van der Waals surface area contributed by atoms with Crippen LogP contribution in [0.2, 0.25) is 0 Å². The van der Waals surface area contributed by atoms with Gasteiger partial charge in [-0.3, -0.25) is 5.10 Å². The Morgan fingerprint density at radius 1 is 1.22 bits per heavy atom. The molecule has 5 nitrogen and oxygen atoms in total. The first kappa shape index (κ1) is 10.4. The van der Waals surface area contributed by atoms with E-state index in [2.05, 4.69) is 26.2 Å². The molecular formula is C13H9N5. The molecule has 0 atom stereocenters. The van der Waals surface area contributed by atoms with Gasteiger partial charge in [0.15, 0.2) is 0 Å². The Bertz CT molecular complexity index is 752. The molecule has 5 heteroatoms. The lowest BCUT2D eigenvalue weighted by Gasteiger charge is -1.99. The SMILES string of the molecule is Cc1cc2c(-c3cncnc3)n[nH]c2cc1C#N. The summed E-state index contributed by atoms with van der Waals surface area (Å²) in [6.07, 6.45) is 4.92. The summed E-state index contributed by atoms with van der Waals surface area (Å²) in [6.45, 7) is 1.91. The third-order valence-corrected chi connectivity index (χ3v) is 2.86. The van der Waals surface area contributed by atoms with Crippen molar-refractivity contribution < 1.29 is 0 Å². The van der Waals surface area contributed by atoms with Gasteiger partial charge in [-0.15, -0.1) is 0 Å². The van der Waals surface area contributed by atoms with Gasteiger partial charge in [-0.05, 0) is 24.6 Å². The van der Waals surface area contributed by atoms with Crippen LogP contribution < -0.4 is 0 Å². The second-order valence-corrected chi connectivity index (χ2v) is 4.02. The Kier molecular flexibility index (Phi) is 2.27. The molecule has 86 valence electrons. The molecule has 0 aliphatic carbocycles. The highest BCUT2D eigenvalue weighted by molar-refractivity contribution is 5.93. The van der Waals surface area contributed by atoms with Crippen molar-refractivity contribution in [3.05, 3.63) is 42.0 Å². The van der Waals surface area contributed by atoms with Gasteiger partial charge < -0.3 is 0 Å². The van der Waals surface area contributed by atoms with E-state index >= 15 is 0 Å². The summed E-state index contributed by atoms with van der Waals surface area (Å²) in [4.78, 5) is 7.97. The predicted octanol–water partition coefficient (Wildman–Crippen LogP) is 2.20. The fraction of sp³-hybridized carbons (Fsp3) is 0.0769. The first-order valence-electron chi connectivity index (χ1n) is 5.44. The number of benzene rings is 1. The lowest BCUT2D eigenvalue weighted by Crippen LogP contribution is -1.84. The van der Waals surface area contributed by atoms with E-state index in [1.54, 1.807) is 12.4 Å². The summed E-state index contributed by atoms with van der Waals surface area (Å²) < 4.78 is 0. The van der Waals surface area contributed by atoms with E-state index < -0.39 is 0 Å². The maximum Gasteiger partial charge on any atom is 0.115 e. The third kappa shape index (κ3) is 1.52. The van der Waals surface area contributed by atoms with Crippen molar-refractivity contribution in [3.8, 4) is 17.3 Å². The van der Waals surface area contributed by atoms with E-state index in [0.29, 0.717) is 5.56 Å². The average molecular weight is 235 g/mol. The zero-order chi connectivity index (χ0) is 12.5. The fourth-order valence-electron chi connectivity index (χ4n) is 1.93. The van der Waals surface area contributed by atoms with Crippen LogP contribution in [-0.2, 0) is 0 Å². The number of fused-ring (bicyclic) bond motifs is 1. The number of aryl methyl sites for hydroxylation is 1. The van der Waals surface area contributed by atoms with Gasteiger partial charge >= 0.3 is 0 Å². The fourth-order valence-corrected chi connectivity index (χ4v) is 1.93. The summed E-state index contributed by atoms with van der Waals surface area (Å²) in [5.74, 6) is 0. The zero-order valence-electron chi connectivity index (χ0n) is 9.68. The number of hydrogen-bond acceptors (Lipinski definition) is 4. The number of nitriles is 1. The molecule has 2 heterocycles. The monoisotopic (exact) mass is 235 g/mol. The summed E-state index contributed by atoms with van der Waals surface area (Å²) in [6, 6.07) is 5.93. The van der Waals surface area contributed by atoms with Gasteiger partial charge in [0.05, 0.1) is 17.1 Å². The normalized spacial score (nSPS) is 10.4. The Morgan fingerprint density at radius 3 is 2.72 bits per heavy atom. The van der Waals surface area contributed by atoms with Crippen LogP contribution in [0.15, 0.2) is 30.9 Å². The first-order chi connectivity index (χ1) is 8.79. The van der Waals surface area contributed by atoms with Gasteiger partial charge in [-0.2, -0.15) is 10.4 Å². The lowest BCUT2D eigenvalue weighted by atomic mass is 10.0. The van der Waals surface area contributed by atoms with Crippen LogP contribution in [0.5, 0.6) is 0 Å². The van der Waals surface area contributed by atoms with Gasteiger partial charge in [0.25, 0.3) is 0 Å². The molecule has 0 aliphatic rings. The molecule has 2 aromatic heterocycles. The minimum atomic E-state index is 0.655. The maximum absolute atomic E-state index is 9.00. The predicted molar refractivity (Wildman–Crippen MR) is 66.6 cm³/mol. The first-order valence-corrected chi connectivity index (χ1v) is 5.44. The smallest absolute Gasteiger partial charge is 0.115 e. The lowest BCUT2D eigenvalue weighted by molar-refractivity contribution is 1.11. The number of rotatable bonds is 1. The van der Waals surface area contributed by atoms with E-state index in [1.165, 1.54) is 6.33 Å². The Labute approximate surface area is 103 Å². The van der Waals surface area contributed by atoms with E-state index in [0.717, 1.165) is 27.7 Å². The van der Waals surface area contributed by atoms with Crippen molar-refractivity contribution in [1.82, 2.24) is 20.2 Å². The molecule has 0 amide bonds. The summed E-state index contributed by atoms with van der Waals surface area (Å²) in [5, 5.41) is 17.2. The van der Waals surface area contributed by atoms with Crippen molar-refractivity contribution in [2.45, 2.75) is 6.92 Å². The summed E-state index contributed by atoms with van der Waals surface area (Å²) in [7, 11) is 0. The van der Waals surface area contributed by atoms with Gasteiger partial charge in [-0.1, -0.05) is 0 Å². The summed E-state index contributed by atoms with van der Waals surface area (Å²) in [5.41, 5.74) is 4.09. The van der Waals surface area contributed by atoms with Crippen molar-refractivity contribution in [2.24, 2.45) is 0 Å². The largest absolute Gasteiger partial charge is 0.277 e. The van der Waals surface area contributed by atoms with Crippen molar-refractivity contribution >= 4 is 10.9 Å². The highest BCUT2D eigenvalue weighted by Gasteiger charge is 2.10. The van der Waals surface area contributed by atoms with Gasteiger partial charge in [-0.25, -0.2) is 9.97 Å². The van der Waals surface area contributed by atoms with Gasteiger partial charge in [0, 0.05) is 23.3 Å². The van der Waals surface area contributed by atoms with Crippen molar-refractivity contribution in [2.75, 3.05) is 0 Å². The molecule has 18 heavy (non-hydrogen) atoms. The molecule has 1 N–H and O–H groups in total. The molecule has 0 unspecified atom stereocenters. The highest BCUT2D eigenvalue weighted by atomic mass is 15.1. The molecule has 0 saturated carbocycles. The van der Waals surface area contributed by atoms with Crippen LogP contribution in [0.25, 0.3) is 22.2 Å². The number of hydrogen-bond donors (Lipinski definition) is 1.